The summed E-state index contributed by atoms with van der Waals surface area (Å²) in [5.41, 5.74) is 0.702. The topological polar surface area (TPSA) is 38.3 Å². The fraction of sp³-hybridized carbons (Fsp3) is 0.0556. The molecule has 1 amide bonds. The van der Waals surface area contributed by atoms with Crippen molar-refractivity contribution in [3.05, 3.63) is 71.0 Å². The summed E-state index contributed by atoms with van der Waals surface area (Å²) in [6.07, 6.45) is 0. The lowest BCUT2D eigenvalue weighted by Gasteiger charge is -2.10. The van der Waals surface area contributed by atoms with E-state index in [0.29, 0.717) is 10.2 Å². The summed E-state index contributed by atoms with van der Waals surface area (Å²) < 4.78 is 19.5. The van der Waals surface area contributed by atoms with Crippen molar-refractivity contribution in [2.24, 2.45) is 0 Å². The molecule has 3 aromatic rings. The number of hydrogen-bond acceptors (Lipinski definition) is 2. The van der Waals surface area contributed by atoms with Crippen molar-refractivity contribution in [1.29, 1.82) is 0 Å². The third-order valence-corrected chi connectivity index (χ3v) is 3.81. The summed E-state index contributed by atoms with van der Waals surface area (Å²) in [7, 11) is 0. The van der Waals surface area contributed by atoms with Gasteiger partial charge in [-0.3, -0.25) is 4.79 Å². The van der Waals surface area contributed by atoms with Gasteiger partial charge < -0.3 is 10.1 Å². The van der Waals surface area contributed by atoms with E-state index in [9.17, 15) is 9.18 Å². The number of hydrogen-bond donors (Lipinski definition) is 1. The third kappa shape index (κ3) is 3.68. The number of ether oxygens (including phenoxy) is 1. The minimum atomic E-state index is -0.516. The second-order valence-electron chi connectivity index (χ2n) is 4.94. The standard InChI is InChI=1S/C18H13BrFNO2/c19-13-8-9-17(15(20)10-13)23-11-18(22)21-16-7-3-5-12-4-1-2-6-14(12)16/h1-10H,11H2,(H,21,22). The highest BCUT2D eigenvalue weighted by Crippen LogP contribution is 2.23. The summed E-state index contributed by atoms with van der Waals surface area (Å²) in [6, 6.07) is 17.8. The van der Waals surface area contributed by atoms with Gasteiger partial charge in [-0.05, 0) is 29.7 Å². The van der Waals surface area contributed by atoms with Gasteiger partial charge in [0.15, 0.2) is 18.2 Å². The second kappa shape index (κ2) is 6.79. The van der Waals surface area contributed by atoms with Crippen molar-refractivity contribution in [1.82, 2.24) is 0 Å². The Kier molecular flexibility index (Phi) is 4.57. The Morgan fingerprint density at radius 2 is 1.87 bits per heavy atom. The van der Waals surface area contributed by atoms with E-state index in [-0.39, 0.29) is 18.3 Å². The smallest absolute Gasteiger partial charge is 0.262 e. The predicted octanol–water partition coefficient (Wildman–Crippen LogP) is 4.76. The number of nitrogens with one attached hydrogen (secondary N) is 1. The van der Waals surface area contributed by atoms with Crippen LogP contribution in [0.5, 0.6) is 5.75 Å². The number of benzene rings is 3. The van der Waals surface area contributed by atoms with Crippen LogP contribution in [0, 0.1) is 5.82 Å². The maximum Gasteiger partial charge on any atom is 0.262 e. The van der Waals surface area contributed by atoms with Crippen LogP contribution < -0.4 is 10.1 Å². The Bertz CT molecular complexity index is 861. The highest BCUT2D eigenvalue weighted by molar-refractivity contribution is 9.10. The average molecular weight is 374 g/mol. The Balaban J connectivity index is 1.69. The number of fused-ring (bicyclic) bond motifs is 1. The van der Waals surface area contributed by atoms with Gasteiger partial charge >= 0.3 is 0 Å². The lowest BCUT2D eigenvalue weighted by molar-refractivity contribution is -0.118. The quantitative estimate of drug-likeness (QED) is 0.715. The van der Waals surface area contributed by atoms with E-state index in [0.717, 1.165) is 10.8 Å². The Hall–Kier alpha value is -2.40. The average Bonchev–Trinajstić information content (AvgIpc) is 2.54. The molecule has 0 spiro atoms. The van der Waals surface area contributed by atoms with Gasteiger partial charge in [-0.15, -0.1) is 0 Å². The van der Waals surface area contributed by atoms with Gasteiger partial charge in [-0.1, -0.05) is 52.3 Å². The second-order valence-corrected chi connectivity index (χ2v) is 5.85. The van der Waals surface area contributed by atoms with Crippen LogP contribution in [-0.4, -0.2) is 12.5 Å². The molecule has 0 fully saturated rings. The minimum Gasteiger partial charge on any atom is -0.481 e. The molecular formula is C18H13BrFNO2. The van der Waals surface area contributed by atoms with Gasteiger partial charge in [-0.25, -0.2) is 4.39 Å². The van der Waals surface area contributed by atoms with Crippen LogP contribution in [0.3, 0.4) is 0 Å². The molecule has 0 saturated carbocycles. The Morgan fingerprint density at radius 1 is 1.09 bits per heavy atom. The zero-order valence-electron chi connectivity index (χ0n) is 12.1. The lowest BCUT2D eigenvalue weighted by Crippen LogP contribution is -2.20. The fourth-order valence-electron chi connectivity index (χ4n) is 2.26. The molecule has 3 rings (SSSR count). The molecule has 0 aliphatic carbocycles. The molecule has 0 aliphatic rings. The van der Waals surface area contributed by atoms with Crippen LogP contribution in [0.25, 0.3) is 10.8 Å². The van der Waals surface area contributed by atoms with Crippen LogP contribution >= 0.6 is 15.9 Å². The molecule has 0 unspecified atom stereocenters. The molecule has 0 bridgehead atoms. The van der Waals surface area contributed by atoms with E-state index in [4.69, 9.17) is 4.74 Å². The Morgan fingerprint density at radius 3 is 2.70 bits per heavy atom. The van der Waals surface area contributed by atoms with E-state index in [1.54, 1.807) is 6.07 Å². The number of halogens is 2. The molecule has 5 heteroatoms. The first kappa shape index (κ1) is 15.5. The van der Waals surface area contributed by atoms with Gasteiger partial charge in [0.2, 0.25) is 0 Å². The molecule has 116 valence electrons. The summed E-state index contributed by atoms with van der Waals surface area (Å²) in [5, 5.41) is 4.77. The molecule has 0 atom stereocenters. The zero-order chi connectivity index (χ0) is 16.2. The van der Waals surface area contributed by atoms with Crippen LogP contribution in [0.4, 0.5) is 10.1 Å². The van der Waals surface area contributed by atoms with Crippen molar-refractivity contribution in [3.8, 4) is 5.75 Å². The first-order valence-electron chi connectivity index (χ1n) is 6.99. The van der Waals surface area contributed by atoms with Crippen molar-refractivity contribution in [2.45, 2.75) is 0 Å². The normalized spacial score (nSPS) is 10.5. The molecule has 3 nitrogen and oxygen atoms in total. The molecular weight excluding hydrogens is 361 g/mol. The molecule has 23 heavy (non-hydrogen) atoms. The van der Waals surface area contributed by atoms with Gasteiger partial charge in [0.1, 0.15) is 0 Å². The number of amides is 1. The van der Waals surface area contributed by atoms with Crippen LogP contribution in [0.2, 0.25) is 0 Å². The lowest BCUT2D eigenvalue weighted by atomic mass is 10.1. The minimum absolute atomic E-state index is 0.0428. The Labute approximate surface area is 141 Å². The van der Waals surface area contributed by atoms with Gasteiger partial charge in [0.25, 0.3) is 5.91 Å². The third-order valence-electron chi connectivity index (χ3n) is 3.32. The van der Waals surface area contributed by atoms with Crippen LogP contribution in [0.15, 0.2) is 65.1 Å². The first-order chi connectivity index (χ1) is 11.1. The fourth-order valence-corrected chi connectivity index (χ4v) is 2.59. The van der Waals surface area contributed by atoms with Crippen molar-refractivity contribution >= 4 is 38.3 Å². The molecule has 0 aromatic heterocycles. The highest BCUT2D eigenvalue weighted by Gasteiger charge is 2.09. The van der Waals surface area contributed by atoms with Crippen molar-refractivity contribution in [3.63, 3.8) is 0 Å². The molecule has 0 heterocycles. The van der Waals surface area contributed by atoms with E-state index >= 15 is 0 Å². The molecule has 1 N–H and O–H groups in total. The van der Waals surface area contributed by atoms with E-state index in [2.05, 4.69) is 21.2 Å². The first-order valence-corrected chi connectivity index (χ1v) is 7.78. The zero-order valence-corrected chi connectivity index (χ0v) is 13.6. The number of carbonyl (C=O) groups excluding carboxylic acids is 1. The molecule has 0 aliphatic heterocycles. The largest absolute Gasteiger partial charge is 0.481 e. The van der Waals surface area contributed by atoms with Crippen molar-refractivity contribution < 1.29 is 13.9 Å². The van der Waals surface area contributed by atoms with E-state index < -0.39 is 5.82 Å². The number of rotatable bonds is 4. The van der Waals surface area contributed by atoms with Crippen LogP contribution in [0.1, 0.15) is 0 Å². The maximum atomic E-state index is 13.6. The monoisotopic (exact) mass is 373 g/mol. The summed E-state index contributed by atoms with van der Waals surface area (Å²) in [6.45, 7) is -0.262. The summed E-state index contributed by atoms with van der Waals surface area (Å²) in [5.74, 6) is -0.817. The van der Waals surface area contributed by atoms with E-state index in [1.807, 2.05) is 42.5 Å². The summed E-state index contributed by atoms with van der Waals surface area (Å²) in [4.78, 5) is 12.0. The predicted molar refractivity (Wildman–Crippen MR) is 92.2 cm³/mol. The van der Waals surface area contributed by atoms with E-state index in [1.165, 1.54) is 12.1 Å². The summed E-state index contributed by atoms with van der Waals surface area (Å²) >= 11 is 3.17. The van der Waals surface area contributed by atoms with Crippen molar-refractivity contribution in [2.75, 3.05) is 11.9 Å². The van der Waals surface area contributed by atoms with Gasteiger partial charge in [0, 0.05) is 15.5 Å². The highest BCUT2D eigenvalue weighted by atomic mass is 79.9. The number of carbonyl (C=O) groups is 1. The molecule has 0 saturated heterocycles. The SMILES string of the molecule is O=C(COc1ccc(Br)cc1F)Nc1cccc2ccccc12. The van der Waals surface area contributed by atoms with Crippen LogP contribution in [-0.2, 0) is 4.79 Å². The maximum absolute atomic E-state index is 13.6. The van der Waals surface area contributed by atoms with Gasteiger partial charge in [0.05, 0.1) is 0 Å². The van der Waals surface area contributed by atoms with Gasteiger partial charge in [-0.2, -0.15) is 0 Å². The molecule has 3 aromatic carbocycles. The number of anilines is 1. The molecule has 0 radical (unpaired) electrons.